The number of benzene rings is 2. The molecule has 1 aliphatic carbocycles. The highest BCUT2D eigenvalue weighted by Gasteiger charge is 2.54. The number of carbonyl (C=O) groups excluding carboxylic acids is 2. The zero-order valence-corrected chi connectivity index (χ0v) is 19.7. The van der Waals surface area contributed by atoms with E-state index in [1.807, 2.05) is 0 Å². The zero-order valence-electron chi connectivity index (χ0n) is 18.1. The number of nitrogens with zero attached hydrogens (tertiary/aromatic N) is 1. The van der Waals surface area contributed by atoms with E-state index < -0.39 is 26.4 Å². The molecule has 9 heteroatoms. The lowest BCUT2D eigenvalue weighted by molar-refractivity contribution is -0.136. The third-order valence-electron chi connectivity index (χ3n) is 5.80. The summed E-state index contributed by atoms with van der Waals surface area (Å²) >= 11 is 5.91. The van der Waals surface area contributed by atoms with E-state index in [0.717, 1.165) is 0 Å². The van der Waals surface area contributed by atoms with E-state index in [0.29, 0.717) is 29.3 Å². The van der Waals surface area contributed by atoms with E-state index in [1.165, 1.54) is 36.3 Å². The van der Waals surface area contributed by atoms with Crippen LogP contribution in [0.2, 0.25) is 5.02 Å². The molecule has 2 amide bonds. The van der Waals surface area contributed by atoms with Crippen molar-refractivity contribution in [1.29, 1.82) is 0 Å². The monoisotopic (exact) mass is 478 g/mol. The number of sulfone groups is 1. The molecule has 0 atom stereocenters. The summed E-state index contributed by atoms with van der Waals surface area (Å²) in [5.41, 5.74) is 0.530. The Morgan fingerprint density at radius 2 is 1.78 bits per heavy atom. The Labute approximate surface area is 193 Å². The number of amides is 2. The molecule has 0 aliphatic heterocycles. The van der Waals surface area contributed by atoms with Crippen molar-refractivity contribution in [2.75, 3.05) is 25.5 Å². The van der Waals surface area contributed by atoms with E-state index in [2.05, 4.69) is 5.32 Å². The van der Waals surface area contributed by atoms with Gasteiger partial charge in [0.1, 0.15) is 5.75 Å². The van der Waals surface area contributed by atoms with Crippen LogP contribution in [0.15, 0.2) is 53.4 Å². The van der Waals surface area contributed by atoms with E-state index in [1.54, 1.807) is 31.2 Å². The van der Waals surface area contributed by atoms with Gasteiger partial charge in [0.15, 0.2) is 14.6 Å². The van der Waals surface area contributed by atoms with Gasteiger partial charge in [-0.2, -0.15) is 0 Å². The highest BCUT2D eigenvalue weighted by molar-refractivity contribution is 7.93. The molecule has 0 saturated heterocycles. The Morgan fingerprint density at radius 3 is 2.38 bits per heavy atom. The smallest absolute Gasteiger partial charge is 0.244 e. The van der Waals surface area contributed by atoms with E-state index >= 15 is 0 Å². The lowest BCUT2D eigenvalue weighted by Crippen LogP contribution is -2.53. The summed E-state index contributed by atoms with van der Waals surface area (Å²) in [7, 11) is -2.44. The Hall–Kier alpha value is -2.58. The number of anilines is 1. The maximum absolute atomic E-state index is 13.6. The minimum Gasteiger partial charge on any atom is -0.497 e. The maximum atomic E-state index is 13.6. The summed E-state index contributed by atoms with van der Waals surface area (Å²) in [6.07, 6.45) is 1.72. The summed E-state index contributed by atoms with van der Waals surface area (Å²) in [6, 6.07) is 12.7. The number of ether oxygens (including phenoxy) is 1. The SMILES string of the molecule is CCN(CC(=O)Nc1cccc(OC)c1)C(=O)C1(S(=O)(=O)c2ccc(Cl)cc2)CCCC1. The van der Waals surface area contributed by atoms with Gasteiger partial charge in [0.2, 0.25) is 11.8 Å². The Balaban J connectivity index is 1.83. The highest BCUT2D eigenvalue weighted by atomic mass is 35.5. The maximum Gasteiger partial charge on any atom is 0.244 e. The molecular weight excluding hydrogens is 452 g/mol. The van der Waals surface area contributed by atoms with Crippen molar-refractivity contribution in [2.24, 2.45) is 0 Å². The van der Waals surface area contributed by atoms with Crippen LogP contribution in [0.4, 0.5) is 5.69 Å². The fraction of sp³-hybridized carbons (Fsp3) is 0.391. The number of rotatable bonds is 8. The second kappa shape index (κ2) is 9.92. The second-order valence-electron chi connectivity index (χ2n) is 7.76. The summed E-state index contributed by atoms with van der Waals surface area (Å²) in [6.45, 7) is 1.70. The first-order valence-electron chi connectivity index (χ1n) is 10.5. The first-order chi connectivity index (χ1) is 15.2. The van der Waals surface area contributed by atoms with Crippen LogP contribution < -0.4 is 10.1 Å². The molecular formula is C23H27ClN2O5S. The first-order valence-corrected chi connectivity index (χ1v) is 12.3. The van der Waals surface area contributed by atoms with Crippen molar-refractivity contribution in [1.82, 2.24) is 4.90 Å². The standard InChI is InChI=1S/C23H27ClN2O5S/c1-3-26(16-21(27)25-18-7-6-8-19(15-18)31-2)22(28)23(13-4-5-14-23)32(29,30)20-11-9-17(24)10-12-20/h6-12,15H,3-5,13-14,16H2,1-2H3,(H,25,27). The number of likely N-dealkylation sites (N-methyl/N-ethyl adjacent to an activating group) is 1. The van der Waals surface area contributed by atoms with Crippen LogP contribution in [-0.4, -0.2) is 50.1 Å². The first kappa shape index (κ1) is 24.1. The van der Waals surface area contributed by atoms with Crippen molar-refractivity contribution >= 4 is 38.9 Å². The topological polar surface area (TPSA) is 92.8 Å². The van der Waals surface area contributed by atoms with Crippen molar-refractivity contribution in [3.63, 3.8) is 0 Å². The van der Waals surface area contributed by atoms with Gasteiger partial charge in [0, 0.05) is 23.3 Å². The Kier molecular flexibility index (Phi) is 7.46. The molecule has 1 fully saturated rings. The lowest BCUT2D eigenvalue weighted by Gasteiger charge is -2.33. The van der Waals surface area contributed by atoms with Gasteiger partial charge in [0.05, 0.1) is 18.6 Å². The fourth-order valence-electron chi connectivity index (χ4n) is 4.07. The minimum absolute atomic E-state index is 0.0639. The highest BCUT2D eigenvalue weighted by Crippen LogP contribution is 2.42. The van der Waals surface area contributed by atoms with Gasteiger partial charge < -0.3 is 15.0 Å². The third kappa shape index (κ3) is 4.76. The van der Waals surface area contributed by atoms with Gasteiger partial charge >= 0.3 is 0 Å². The molecule has 32 heavy (non-hydrogen) atoms. The molecule has 3 rings (SSSR count). The molecule has 7 nitrogen and oxygen atoms in total. The quantitative estimate of drug-likeness (QED) is 0.620. The molecule has 0 aromatic heterocycles. The summed E-state index contributed by atoms with van der Waals surface area (Å²) in [5.74, 6) is -0.357. The van der Waals surface area contributed by atoms with Gasteiger partial charge in [-0.05, 0) is 56.2 Å². The molecule has 0 radical (unpaired) electrons. The number of hydrogen-bond donors (Lipinski definition) is 1. The van der Waals surface area contributed by atoms with Gasteiger partial charge in [-0.15, -0.1) is 0 Å². The van der Waals surface area contributed by atoms with Crippen LogP contribution in [0.5, 0.6) is 5.75 Å². The average Bonchev–Trinajstić information content (AvgIpc) is 3.29. The number of halogens is 1. The molecule has 1 N–H and O–H groups in total. The molecule has 2 aromatic carbocycles. The van der Waals surface area contributed by atoms with E-state index in [9.17, 15) is 18.0 Å². The number of nitrogens with one attached hydrogen (secondary N) is 1. The Morgan fingerprint density at radius 1 is 1.12 bits per heavy atom. The van der Waals surface area contributed by atoms with Gasteiger partial charge in [0.25, 0.3) is 0 Å². The summed E-state index contributed by atoms with van der Waals surface area (Å²) in [5, 5.41) is 3.16. The van der Waals surface area contributed by atoms with Crippen LogP contribution in [-0.2, 0) is 19.4 Å². The molecule has 1 aliphatic rings. The summed E-state index contributed by atoms with van der Waals surface area (Å²) in [4.78, 5) is 27.6. The summed E-state index contributed by atoms with van der Waals surface area (Å²) < 4.78 is 30.7. The minimum atomic E-state index is -3.97. The molecule has 1 saturated carbocycles. The zero-order chi connectivity index (χ0) is 23.4. The normalized spacial score (nSPS) is 15.2. The van der Waals surface area contributed by atoms with Gasteiger partial charge in [-0.3, -0.25) is 9.59 Å². The lowest BCUT2D eigenvalue weighted by atomic mass is 10.1. The number of methoxy groups -OCH3 is 1. The van der Waals surface area contributed by atoms with E-state index in [4.69, 9.17) is 16.3 Å². The van der Waals surface area contributed by atoms with Crippen LogP contribution in [0.3, 0.4) is 0 Å². The largest absolute Gasteiger partial charge is 0.497 e. The van der Waals surface area contributed by atoms with Crippen LogP contribution >= 0.6 is 11.6 Å². The van der Waals surface area contributed by atoms with Crippen molar-refractivity contribution in [3.8, 4) is 5.75 Å². The number of hydrogen-bond acceptors (Lipinski definition) is 5. The second-order valence-corrected chi connectivity index (χ2v) is 10.5. The molecule has 0 unspecified atom stereocenters. The van der Waals surface area contributed by atoms with Gasteiger partial charge in [-0.25, -0.2) is 8.42 Å². The average molecular weight is 479 g/mol. The van der Waals surface area contributed by atoms with Crippen LogP contribution in [0.1, 0.15) is 32.6 Å². The molecule has 172 valence electrons. The predicted molar refractivity (Wildman–Crippen MR) is 124 cm³/mol. The van der Waals surface area contributed by atoms with Gasteiger partial charge in [-0.1, -0.05) is 30.5 Å². The van der Waals surface area contributed by atoms with E-state index in [-0.39, 0.29) is 30.8 Å². The molecule has 0 bridgehead atoms. The van der Waals surface area contributed by atoms with Crippen molar-refractivity contribution in [2.45, 2.75) is 42.2 Å². The number of carbonyl (C=O) groups is 2. The van der Waals surface area contributed by atoms with Crippen molar-refractivity contribution < 1.29 is 22.7 Å². The molecule has 2 aromatic rings. The van der Waals surface area contributed by atoms with Crippen LogP contribution in [0, 0.1) is 0 Å². The van der Waals surface area contributed by atoms with Crippen LogP contribution in [0.25, 0.3) is 0 Å². The Bertz CT molecular complexity index is 1080. The molecule has 0 heterocycles. The molecule has 0 spiro atoms. The predicted octanol–water partition coefficient (Wildman–Crippen LogP) is 3.92. The third-order valence-corrected chi connectivity index (χ3v) is 8.55. The van der Waals surface area contributed by atoms with Crippen molar-refractivity contribution in [3.05, 3.63) is 53.6 Å². The fourth-order valence-corrected chi connectivity index (χ4v) is 6.33.